The third-order valence-corrected chi connectivity index (χ3v) is 3.97. The summed E-state index contributed by atoms with van der Waals surface area (Å²) >= 11 is 0. The number of likely N-dealkylation sites (tertiary alicyclic amines) is 1. The predicted molar refractivity (Wildman–Crippen MR) is 62.3 cm³/mol. The van der Waals surface area contributed by atoms with E-state index in [1.165, 1.54) is 0 Å². The van der Waals surface area contributed by atoms with Gasteiger partial charge in [-0.05, 0) is 25.3 Å². The number of hydrogen-bond acceptors (Lipinski definition) is 4. The number of nitrogens with two attached hydrogens (primary N) is 1. The first kappa shape index (κ1) is 13.7. The molecule has 2 aliphatic rings. The Morgan fingerprint density at radius 1 is 1.56 bits per heavy atom. The molecule has 0 amide bonds. The molecule has 3 atom stereocenters. The van der Waals surface area contributed by atoms with Crippen molar-refractivity contribution in [2.45, 2.75) is 44.3 Å². The quantitative estimate of drug-likeness (QED) is 0.771. The molecule has 0 aromatic carbocycles. The van der Waals surface area contributed by atoms with Crippen LogP contribution in [0.4, 0.5) is 8.78 Å². The monoisotopic (exact) mass is 262 g/mol. The number of rotatable bonds is 3. The van der Waals surface area contributed by atoms with Crippen LogP contribution in [0.1, 0.15) is 26.2 Å². The van der Waals surface area contributed by atoms with Crippen LogP contribution in [0.2, 0.25) is 0 Å². The highest BCUT2D eigenvalue weighted by molar-refractivity contribution is 5.79. The van der Waals surface area contributed by atoms with Crippen molar-refractivity contribution in [1.29, 1.82) is 0 Å². The maximum atomic E-state index is 13.1. The van der Waals surface area contributed by atoms with Gasteiger partial charge in [-0.3, -0.25) is 4.90 Å². The summed E-state index contributed by atoms with van der Waals surface area (Å²) < 4.78 is 30.9. The summed E-state index contributed by atoms with van der Waals surface area (Å²) in [7, 11) is 0. The SMILES string of the molecule is CC1CCCN(CC2CC(F)(F)C(=O)O2)C1CN. The average molecular weight is 262 g/mol. The maximum absolute atomic E-state index is 13.1. The van der Waals surface area contributed by atoms with Gasteiger partial charge in [-0.15, -0.1) is 0 Å². The number of carbonyl (C=O) groups excluding carboxylic acids is 1. The number of nitrogens with zero attached hydrogens (tertiary/aromatic N) is 1. The Hall–Kier alpha value is -0.750. The second-order valence-corrected chi connectivity index (χ2v) is 5.35. The molecule has 2 aliphatic heterocycles. The molecule has 0 radical (unpaired) electrons. The minimum Gasteiger partial charge on any atom is -0.456 e. The van der Waals surface area contributed by atoms with Gasteiger partial charge in [-0.1, -0.05) is 6.92 Å². The Balaban J connectivity index is 1.95. The van der Waals surface area contributed by atoms with E-state index in [1.807, 2.05) is 0 Å². The van der Waals surface area contributed by atoms with E-state index in [0.717, 1.165) is 19.4 Å². The van der Waals surface area contributed by atoms with Crippen molar-refractivity contribution in [2.75, 3.05) is 19.6 Å². The highest BCUT2D eigenvalue weighted by Gasteiger charge is 2.51. The Morgan fingerprint density at radius 3 is 2.83 bits per heavy atom. The van der Waals surface area contributed by atoms with Crippen molar-refractivity contribution in [3.8, 4) is 0 Å². The number of piperidine rings is 1. The van der Waals surface area contributed by atoms with Gasteiger partial charge < -0.3 is 10.5 Å². The third-order valence-electron chi connectivity index (χ3n) is 3.97. The maximum Gasteiger partial charge on any atom is 0.377 e. The topological polar surface area (TPSA) is 55.6 Å². The van der Waals surface area contributed by atoms with Crippen LogP contribution < -0.4 is 5.73 Å². The molecule has 2 fully saturated rings. The van der Waals surface area contributed by atoms with Gasteiger partial charge in [0.1, 0.15) is 6.10 Å². The fraction of sp³-hybridized carbons (Fsp3) is 0.917. The van der Waals surface area contributed by atoms with Crippen molar-refractivity contribution >= 4 is 5.97 Å². The molecule has 3 unspecified atom stereocenters. The van der Waals surface area contributed by atoms with Crippen LogP contribution in [0.25, 0.3) is 0 Å². The predicted octanol–water partition coefficient (Wildman–Crippen LogP) is 0.996. The Labute approximate surface area is 105 Å². The van der Waals surface area contributed by atoms with E-state index >= 15 is 0 Å². The van der Waals surface area contributed by atoms with Crippen LogP contribution in [0.3, 0.4) is 0 Å². The lowest BCUT2D eigenvalue weighted by Crippen LogP contribution is -2.51. The summed E-state index contributed by atoms with van der Waals surface area (Å²) in [5.74, 6) is -4.24. The summed E-state index contributed by atoms with van der Waals surface area (Å²) in [5, 5.41) is 0. The highest BCUT2D eigenvalue weighted by Crippen LogP contribution is 2.32. The molecule has 2 heterocycles. The second kappa shape index (κ2) is 5.09. The minimum atomic E-state index is -3.32. The molecule has 104 valence electrons. The molecule has 0 aliphatic carbocycles. The number of ether oxygens (including phenoxy) is 1. The van der Waals surface area contributed by atoms with Crippen molar-refractivity contribution in [2.24, 2.45) is 11.7 Å². The second-order valence-electron chi connectivity index (χ2n) is 5.35. The van der Waals surface area contributed by atoms with Crippen LogP contribution in [-0.2, 0) is 9.53 Å². The molecular weight excluding hydrogens is 242 g/mol. The van der Waals surface area contributed by atoms with Gasteiger partial charge >= 0.3 is 11.9 Å². The van der Waals surface area contributed by atoms with Gasteiger partial charge in [0.05, 0.1) is 6.42 Å². The van der Waals surface area contributed by atoms with Gasteiger partial charge in [0.25, 0.3) is 0 Å². The Morgan fingerprint density at radius 2 is 2.28 bits per heavy atom. The smallest absolute Gasteiger partial charge is 0.377 e. The lowest BCUT2D eigenvalue weighted by atomic mass is 9.90. The zero-order valence-electron chi connectivity index (χ0n) is 10.6. The van der Waals surface area contributed by atoms with Crippen LogP contribution in [0.15, 0.2) is 0 Å². The summed E-state index contributed by atoms with van der Waals surface area (Å²) in [4.78, 5) is 13.0. The molecule has 0 spiro atoms. The summed E-state index contributed by atoms with van der Waals surface area (Å²) in [6.45, 7) is 3.84. The first-order valence-corrected chi connectivity index (χ1v) is 6.47. The van der Waals surface area contributed by atoms with E-state index in [2.05, 4.69) is 11.8 Å². The molecular formula is C12H20F2N2O2. The van der Waals surface area contributed by atoms with Crippen molar-refractivity contribution in [3.63, 3.8) is 0 Å². The molecule has 18 heavy (non-hydrogen) atoms. The van der Waals surface area contributed by atoms with Gasteiger partial charge in [-0.25, -0.2) is 4.79 Å². The highest BCUT2D eigenvalue weighted by atomic mass is 19.3. The average Bonchev–Trinajstić information content (AvgIpc) is 2.52. The summed E-state index contributed by atoms with van der Waals surface area (Å²) in [6, 6.07) is 0.201. The standard InChI is InChI=1S/C12H20F2N2O2/c1-8-3-2-4-16(10(8)6-15)7-9-5-12(13,14)11(17)18-9/h8-10H,2-7,15H2,1H3. The van der Waals surface area contributed by atoms with E-state index in [4.69, 9.17) is 10.5 Å². The van der Waals surface area contributed by atoms with Crippen LogP contribution >= 0.6 is 0 Å². The first-order chi connectivity index (χ1) is 8.44. The van der Waals surface area contributed by atoms with Crippen LogP contribution in [-0.4, -0.2) is 48.6 Å². The number of esters is 1. The van der Waals surface area contributed by atoms with Crippen LogP contribution in [0, 0.1) is 5.92 Å². The van der Waals surface area contributed by atoms with E-state index < -0.39 is 24.4 Å². The summed E-state index contributed by atoms with van der Waals surface area (Å²) in [5.41, 5.74) is 5.74. The van der Waals surface area contributed by atoms with E-state index in [1.54, 1.807) is 0 Å². The van der Waals surface area contributed by atoms with E-state index in [9.17, 15) is 13.6 Å². The fourth-order valence-electron chi connectivity index (χ4n) is 2.95. The van der Waals surface area contributed by atoms with Gasteiger partial charge in [-0.2, -0.15) is 8.78 Å². The van der Waals surface area contributed by atoms with Crippen molar-refractivity contribution in [3.05, 3.63) is 0 Å². The van der Waals surface area contributed by atoms with Crippen molar-refractivity contribution in [1.82, 2.24) is 4.90 Å². The molecule has 0 bridgehead atoms. The van der Waals surface area contributed by atoms with Gasteiger partial charge in [0, 0.05) is 19.1 Å². The Kier molecular flexibility index (Phi) is 3.87. The number of carbonyl (C=O) groups is 1. The molecule has 2 saturated heterocycles. The molecule has 0 aromatic rings. The Bertz CT molecular complexity index is 325. The molecule has 2 N–H and O–H groups in total. The zero-order valence-corrected chi connectivity index (χ0v) is 10.6. The first-order valence-electron chi connectivity index (χ1n) is 6.47. The molecule has 4 nitrogen and oxygen atoms in total. The molecule has 0 saturated carbocycles. The normalized spacial score (nSPS) is 36.7. The molecule has 6 heteroatoms. The van der Waals surface area contributed by atoms with Gasteiger partial charge in [0.15, 0.2) is 0 Å². The number of cyclic esters (lactones) is 1. The van der Waals surface area contributed by atoms with Crippen molar-refractivity contribution < 1.29 is 18.3 Å². The lowest BCUT2D eigenvalue weighted by molar-refractivity contribution is -0.159. The van der Waals surface area contributed by atoms with E-state index in [0.29, 0.717) is 19.0 Å². The fourth-order valence-corrected chi connectivity index (χ4v) is 2.95. The molecule has 0 aromatic heterocycles. The van der Waals surface area contributed by atoms with Gasteiger partial charge in [0.2, 0.25) is 0 Å². The summed E-state index contributed by atoms with van der Waals surface area (Å²) in [6.07, 6.45) is 0.939. The number of hydrogen-bond donors (Lipinski definition) is 1. The number of halogens is 2. The minimum absolute atomic E-state index is 0.201. The van der Waals surface area contributed by atoms with Crippen LogP contribution in [0.5, 0.6) is 0 Å². The zero-order chi connectivity index (χ0) is 13.3. The third kappa shape index (κ3) is 2.64. The molecule has 2 rings (SSSR count). The lowest BCUT2D eigenvalue weighted by Gasteiger charge is -2.40. The largest absolute Gasteiger partial charge is 0.456 e. The number of alkyl halides is 2. The van der Waals surface area contributed by atoms with E-state index in [-0.39, 0.29) is 6.04 Å².